The van der Waals surface area contributed by atoms with E-state index in [9.17, 15) is 22.8 Å². The highest BCUT2D eigenvalue weighted by Gasteiger charge is 2.53. The zero-order chi connectivity index (χ0) is 18.9. The summed E-state index contributed by atoms with van der Waals surface area (Å²) in [6.07, 6.45) is 0.0486. The van der Waals surface area contributed by atoms with Crippen molar-refractivity contribution in [2.75, 3.05) is 30.5 Å². The van der Waals surface area contributed by atoms with Gasteiger partial charge in [-0.05, 0) is 37.1 Å². The molecule has 1 aromatic carbocycles. The smallest absolute Gasteiger partial charge is 0.325 e. The summed E-state index contributed by atoms with van der Waals surface area (Å²) >= 11 is 0. The SMILES string of the molecule is COc1ccc(NC(=O)CN2C(=O)NC3(CCS(=O)(=O)CC3)C2=O)cc1. The van der Waals surface area contributed by atoms with Crippen LogP contribution in [0.25, 0.3) is 0 Å². The van der Waals surface area contributed by atoms with Crippen LogP contribution in [0.1, 0.15) is 12.8 Å². The zero-order valence-corrected chi connectivity index (χ0v) is 15.0. The molecule has 2 heterocycles. The quantitative estimate of drug-likeness (QED) is 0.715. The molecule has 0 saturated carbocycles. The van der Waals surface area contributed by atoms with Gasteiger partial charge in [0.25, 0.3) is 5.91 Å². The average Bonchev–Trinajstić information content (AvgIpc) is 2.83. The first-order valence-corrected chi connectivity index (χ1v) is 9.85. The van der Waals surface area contributed by atoms with Gasteiger partial charge in [-0.15, -0.1) is 0 Å². The maximum atomic E-state index is 12.6. The monoisotopic (exact) mass is 381 g/mol. The summed E-state index contributed by atoms with van der Waals surface area (Å²) in [7, 11) is -1.66. The van der Waals surface area contributed by atoms with Crippen LogP contribution in [0, 0.1) is 0 Å². The van der Waals surface area contributed by atoms with Crippen LogP contribution >= 0.6 is 0 Å². The molecule has 0 aromatic heterocycles. The maximum absolute atomic E-state index is 12.6. The number of carbonyl (C=O) groups excluding carboxylic acids is 3. The largest absolute Gasteiger partial charge is 0.497 e. The molecular weight excluding hydrogens is 362 g/mol. The first-order chi connectivity index (χ1) is 12.2. The minimum absolute atomic E-state index is 0.0243. The van der Waals surface area contributed by atoms with E-state index < -0.39 is 39.8 Å². The maximum Gasteiger partial charge on any atom is 0.325 e. The van der Waals surface area contributed by atoms with E-state index in [1.54, 1.807) is 24.3 Å². The summed E-state index contributed by atoms with van der Waals surface area (Å²) in [6.45, 7) is -0.439. The zero-order valence-electron chi connectivity index (χ0n) is 14.1. The topological polar surface area (TPSA) is 122 Å². The molecule has 0 aliphatic carbocycles. The Bertz CT molecular complexity index is 835. The lowest BCUT2D eigenvalue weighted by Crippen LogP contribution is -2.52. The number of carbonyl (C=O) groups is 3. The number of amides is 4. The van der Waals surface area contributed by atoms with Crippen molar-refractivity contribution in [2.24, 2.45) is 0 Å². The van der Waals surface area contributed by atoms with Crippen LogP contribution in [0.3, 0.4) is 0 Å². The molecule has 140 valence electrons. The van der Waals surface area contributed by atoms with Crippen LogP contribution < -0.4 is 15.4 Å². The number of nitrogens with one attached hydrogen (secondary N) is 2. The van der Waals surface area contributed by atoms with Crippen molar-refractivity contribution in [2.45, 2.75) is 18.4 Å². The summed E-state index contributed by atoms with van der Waals surface area (Å²) in [6, 6.07) is 5.92. The lowest BCUT2D eigenvalue weighted by atomic mass is 9.92. The summed E-state index contributed by atoms with van der Waals surface area (Å²) in [5, 5.41) is 5.17. The van der Waals surface area contributed by atoms with Crippen LogP contribution in [-0.2, 0) is 19.4 Å². The van der Waals surface area contributed by atoms with Gasteiger partial charge in [-0.1, -0.05) is 0 Å². The number of imide groups is 1. The van der Waals surface area contributed by atoms with Gasteiger partial charge in [-0.25, -0.2) is 13.2 Å². The van der Waals surface area contributed by atoms with E-state index in [1.807, 2.05) is 0 Å². The average molecular weight is 381 g/mol. The first-order valence-electron chi connectivity index (χ1n) is 8.03. The molecule has 3 rings (SSSR count). The second-order valence-electron chi connectivity index (χ2n) is 6.33. The minimum Gasteiger partial charge on any atom is -0.497 e. The third kappa shape index (κ3) is 3.50. The van der Waals surface area contributed by atoms with Crippen molar-refractivity contribution in [1.29, 1.82) is 0 Å². The van der Waals surface area contributed by atoms with Gasteiger partial charge in [0, 0.05) is 5.69 Å². The fourth-order valence-corrected chi connectivity index (χ4v) is 4.59. The number of urea groups is 1. The van der Waals surface area contributed by atoms with Crippen molar-refractivity contribution in [3.8, 4) is 5.75 Å². The molecule has 2 aliphatic heterocycles. The van der Waals surface area contributed by atoms with Crippen molar-refractivity contribution < 1.29 is 27.5 Å². The van der Waals surface area contributed by atoms with Gasteiger partial charge >= 0.3 is 6.03 Å². The van der Waals surface area contributed by atoms with E-state index in [4.69, 9.17) is 4.74 Å². The summed E-state index contributed by atoms with van der Waals surface area (Å²) in [5.41, 5.74) is -0.718. The number of methoxy groups -OCH3 is 1. The minimum atomic E-state index is -3.19. The van der Waals surface area contributed by atoms with Gasteiger partial charge in [0.2, 0.25) is 5.91 Å². The Labute approximate surface area is 150 Å². The number of ether oxygens (including phenoxy) is 1. The molecule has 10 heteroatoms. The fraction of sp³-hybridized carbons (Fsp3) is 0.438. The number of benzene rings is 1. The van der Waals surface area contributed by atoms with Crippen molar-refractivity contribution in [3.63, 3.8) is 0 Å². The van der Waals surface area contributed by atoms with Crippen molar-refractivity contribution in [3.05, 3.63) is 24.3 Å². The van der Waals surface area contributed by atoms with E-state index in [0.29, 0.717) is 11.4 Å². The van der Waals surface area contributed by atoms with Gasteiger partial charge in [0.05, 0.1) is 18.6 Å². The Kier molecular flexibility index (Phi) is 4.61. The fourth-order valence-electron chi connectivity index (χ4n) is 3.06. The highest BCUT2D eigenvalue weighted by molar-refractivity contribution is 7.91. The van der Waals surface area contributed by atoms with Crippen LogP contribution in [-0.4, -0.2) is 61.9 Å². The van der Waals surface area contributed by atoms with Gasteiger partial charge in [0.15, 0.2) is 9.84 Å². The molecule has 2 aliphatic rings. The normalized spacial score (nSPS) is 20.7. The Hall–Kier alpha value is -2.62. The van der Waals surface area contributed by atoms with Gasteiger partial charge in [-0.3, -0.25) is 14.5 Å². The van der Waals surface area contributed by atoms with Gasteiger partial charge in [0.1, 0.15) is 17.8 Å². The number of hydrogen-bond acceptors (Lipinski definition) is 6. The van der Waals surface area contributed by atoms with Crippen LogP contribution in [0.15, 0.2) is 24.3 Å². The highest BCUT2D eigenvalue weighted by Crippen LogP contribution is 2.30. The molecule has 2 N–H and O–H groups in total. The molecule has 0 atom stereocenters. The summed E-state index contributed by atoms with van der Waals surface area (Å²) in [4.78, 5) is 37.8. The lowest BCUT2D eigenvalue weighted by molar-refractivity contribution is -0.134. The second-order valence-corrected chi connectivity index (χ2v) is 8.64. The summed E-state index contributed by atoms with van der Waals surface area (Å²) in [5.74, 6) is -0.775. The van der Waals surface area contributed by atoms with E-state index in [-0.39, 0.29) is 24.3 Å². The summed E-state index contributed by atoms with van der Waals surface area (Å²) < 4.78 is 28.2. The van der Waals surface area contributed by atoms with Crippen molar-refractivity contribution in [1.82, 2.24) is 10.2 Å². The lowest BCUT2D eigenvalue weighted by Gasteiger charge is -2.30. The number of nitrogens with zero attached hydrogens (tertiary/aromatic N) is 1. The first kappa shape index (κ1) is 18.2. The van der Waals surface area contributed by atoms with Gasteiger partial charge in [-0.2, -0.15) is 0 Å². The number of hydrogen-bond donors (Lipinski definition) is 2. The molecule has 2 fully saturated rings. The third-order valence-corrected chi connectivity index (χ3v) is 6.25. The van der Waals surface area contributed by atoms with Crippen molar-refractivity contribution >= 4 is 33.4 Å². The molecule has 0 unspecified atom stereocenters. The molecule has 1 spiro atoms. The molecule has 0 bridgehead atoms. The standard InChI is InChI=1S/C16H19N3O6S/c1-25-12-4-2-11(3-5-12)17-13(20)10-19-14(21)16(18-15(19)22)6-8-26(23,24)9-7-16/h2-5H,6-10H2,1H3,(H,17,20)(H,18,22). The van der Waals surface area contributed by atoms with Crippen LogP contribution in [0.5, 0.6) is 5.75 Å². The van der Waals surface area contributed by atoms with Gasteiger partial charge < -0.3 is 15.4 Å². The third-order valence-electron chi connectivity index (χ3n) is 4.60. The molecular formula is C16H19N3O6S. The van der Waals surface area contributed by atoms with E-state index in [2.05, 4.69) is 10.6 Å². The highest BCUT2D eigenvalue weighted by atomic mass is 32.2. The number of rotatable bonds is 4. The predicted octanol–water partition coefficient (Wildman–Crippen LogP) is 0.133. The van der Waals surface area contributed by atoms with E-state index >= 15 is 0 Å². The molecule has 4 amide bonds. The van der Waals surface area contributed by atoms with E-state index in [0.717, 1.165) is 4.90 Å². The van der Waals surface area contributed by atoms with Crippen LogP contribution in [0.2, 0.25) is 0 Å². The Balaban J connectivity index is 1.65. The predicted molar refractivity (Wildman–Crippen MR) is 92.5 cm³/mol. The number of sulfone groups is 1. The Morgan fingerprint density at radius 1 is 1.23 bits per heavy atom. The number of anilines is 1. The molecule has 26 heavy (non-hydrogen) atoms. The van der Waals surface area contributed by atoms with Crippen LogP contribution in [0.4, 0.5) is 10.5 Å². The Morgan fingerprint density at radius 3 is 2.42 bits per heavy atom. The molecule has 1 aromatic rings. The van der Waals surface area contributed by atoms with E-state index in [1.165, 1.54) is 7.11 Å². The molecule has 0 radical (unpaired) electrons. The molecule has 2 saturated heterocycles. The molecule has 9 nitrogen and oxygen atoms in total. The Morgan fingerprint density at radius 2 is 1.85 bits per heavy atom. The second kappa shape index (κ2) is 6.60.